The predicted molar refractivity (Wildman–Crippen MR) is 143 cm³/mol. The molecule has 9 nitrogen and oxygen atoms in total. The molecule has 2 aromatic carbocycles. The molecule has 2 aliphatic heterocycles. The van der Waals surface area contributed by atoms with Crippen LogP contribution in [0.5, 0.6) is 17.2 Å². The maximum atomic E-state index is 13.3. The highest BCUT2D eigenvalue weighted by Crippen LogP contribution is 2.41. The van der Waals surface area contributed by atoms with E-state index in [0.717, 1.165) is 19.6 Å². The van der Waals surface area contributed by atoms with Crippen LogP contribution in [-0.4, -0.2) is 86.8 Å². The van der Waals surface area contributed by atoms with Gasteiger partial charge in [-0.3, -0.25) is 14.5 Å². The Bertz CT molecular complexity index is 1190. The summed E-state index contributed by atoms with van der Waals surface area (Å²) in [6, 6.07) is 11.3. The zero-order valence-corrected chi connectivity index (χ0v) is 21.9. The molecule has 1 amide bonds. The number of benzene rings is 2. The second kappa shape index (κ2) is 12.6. The van der Waals surface area contributed by atoms with Gasteiger partial charge in [-0.2, -0.15) is 0 Å². The molecule has 2 heterocycles. The molecule has 2 aliphatic rings. The topological polar surface area (TPSA) is 97.8 Å². The Balaban J connectivity index is 1.69. The zero-order chi connectivity index (χ0) is 27.1. The maximum absolute atomic E-state index is 13.3. The third-order valence-electron chi connectivity index (χ3n) is 6.74. The van der Waals surface area contributed by atoms with Gasteiger partial charge in [-0.1, -0.05) is 24.8 Å². The number of morpholine rings is 1. The molecule has 0 spiro atoms. The number of likely N-dealkylation sites (tertiary alicyclic amines) is 1. The number of nitrogens with zero attached hydrogens (tertiary/aromatic N) is 2. The fourth-order valence-corrected chi connectivity index (χ4v) is 4.79. The summed E-state index contributed by atoms with van der Waals surface area (Å²) >= 11 is 0. The summed E-state index contributed by atoms with van der Waals surface area (Å²) < 4.78 is 21.7. The summed E-state index contributed by atoms with van der Waals surface area (Å²) in [5.41, 5.74) is 1.09. The minimum Gasteiger partial charge on any atom is -0.507 e. The third-order valence-corrected chi connectivity index (χ3v) is 6.74. The standard InChI is InChI=1S/C29H34N2O7/c1-4-16-38-22-9-6-20(7-10-22)26-25(27(32)21-8-11-23(35-2)24(19-21)36-3)28(33)29(34)31(26)13-5-12-30-14-17-37-18-15-30/h4,6-11,19,26,32H,1,5,12-18H2,2-3H3/b27-25+. The van der Waals surface area contributed by atoms with E-state index in [1.807, 2.05) is 12.1 Å². The van der Waals surface area contributed by atoms with E-state index in [-0.39, 0.29) is 11.3 Å². The molecule has 202 valence electrons. The Morgan fingerprint density at radius 1 is 1.05 bits per heavy atom. The van der Waals surface area contributed by atoms with Crippen molar-refractivity contribution in [3.05, 3.63) is 71.8 Å². The molecule has 0 radical (unpaired) electrons. The van der Waals surface area contributed by atoms with Crippen molar-refractivity contribution >= 4 is 17.4 Å². The SMILES string of the molecule is C=CCOc1ccc(C2/C(=C(\O)c3ccc(OC)c(OC)c3)C(=O)C(=O)N2CCCN2CCOCC2)cc1. The van der Waals surface area contributed by atoms with E-state index in [9.17, 15) is 14.7 Å². The van der Waals surface area contributed by atoms with Gasteiger partial charge in [0, 0.05) is 31.7 Å². The summed E-state index contributed by atoms with van der Waals surface area (Å²) in [6.45, 7) is 8.23. The van der Waals surface area contributed by atoms with Crippen LogP contribution in [0, 0.1) is 0 Å². The molecular weight excluding hydrogens is 488 g/mol. The molecule has 4 rings (SSSR count). The van der Waals surface area contributed by atoms with Crippen molar-refractivity contribution < 1.29 is 33.6 Å². The number of hydrogen-bond acceptors (Lipinski definition) is 8. The first kappa shape index (κ1) is 27.2. The monoisotopic (exact) mass is 522 g/mol. The highest BCUT2D eigenvalue weighted by molar-refractivity contribution is 6.46. The summed E-state index contributed by atoms with van der Waals surface area (Å²) in [7, 11) is 3.01. The molecule has 1 unspecified atom stereocenters. The largest absolute Gasteiger partial charge is 0.507 e. The molecule has 0 aromatic heterocycles. The number of ketones is 1. The number of amides is 1. The molecule has 38 heavy (non-hydrogen) atoms. The lowest BCUT2D eigenvalue weighted by molar-refractivity contribution is -0.140. The lowest BCUT2D eigenvalue weighted by atomic mass is 9.95. The first-order chi connectivity index (χ1) is 18.5. The van der Waals surface area contributed by atoms with Crippen LogP contribution in [0.3, 0.4) is 0 Å². The average molecular weight is 523 g/mol. The van der Waals surface area contributed by atoms with E-state index in [2.05, 4.69) is 11.5 Å². The van der Waals surface area contributed by atoms with Crippen LogP contribution in [0.2, 0.25) is 0 Å². The van der Waals surface area contributed by atoms with E-state index >= 15 is 0 Å². The maximum Gasteiger partial charge on any atom is 0.295 e. The Morgan fingerprint density at radius 3 is 2.42 bits per heavy atom. The van der Waals surface area contributed by atoms with E-state index in [4.69, 9.17) is 18.9 Å². The summed E-state index contributed by atoms with van der Waals surface area (Å²) in [6.07, 6.45) is 2.33. The number of ether oxygens (including phenoxy) is 4. The summed E-state index contributed by atoms with van der Waals surface area (Å²) in [5, 5.41) is 11.4. The predicted octanol–water partition coefficient (Wildman–Crippen LogP) is 3.41. The first-order valence-corrected chi connectivity index (χ1v) is 12.6. The van der Waals surface area contributed by atoms with Crippen molar-refractivity contribution in [2.45, 2.75) is 12.5 Å². The van der Waals surface area contributed by atoms with Gasteiger partial charge in [0.05, 0.1) is 39.0 Å². The van der Waals surface area contributed by atoms with Gasteiger partial charge in [-0.15, -0.1) is 0 Å². The van der Waals surface area contributed by atoms with E-state index in [0.29, 0.717) is 61.2 Å². The smallest absolute Gasteiger partial charge is 0.295 e. The van der Waals surface area contributed by atoms with Gasteiger partial charge in [0.2, 0.25) is 0 Å². The number of carbonyl (C=O) groups is 2. The molecule has 9 heteroatoms. The van der Waals surface area contributed by atoms with Gasteiger partial charge < -0.3 is 29.0 Å². The fourth-order valence-electron chi connectivity index (χ4n) is 4.79. The number of methoxy groups -OCH3 is 2. The van der Waals surface area contributed by atoms with Crippen LogP contribution in [-0.2, 0) is 14.3 Å². The van der Waals surface area contributed by atoms with Gasteiger partial charge in [-0.25, -0.2) is 0 Å². The molecule has 0 aliphatic carbocycles. The van der Waals surface area contributed by atoms with Crippen molar-refractivity contribution in [2.24, 2.45) is 0 Å². The first-order valence-electron chi connectivity index (χ1n) is 12.6. The van der Waals surface area contributed by atoms with Gasteiger partial charge in [0.15, 0.2) is 11.5 Å². The van der Waals surface area contributed by atoms with Crippen molar-refractivity contribution in [2.75, 3.05) is 60.2 Å². The lowest BCUT2D eigenvalue weighted by Crippen LogP contribution is -2.38. The van der Waals surface area contributed by atoms with Crippen molar-refractivity contribution in [1.82, 2.24) is 9.80 Å². The molecule has 1 N–H and O–H groups in total. The Kier molecular flexibility index (Phi) is 9.04. The number of aliphatic hydroxyl groups excluding tert-OH is 1. The number of aliphatic hydroxyl groups is 1. The minimum atomic E-state index is -0.749. The van der Waals surface area contributed by atoms with Gasteiger partial charge in [0.1, 0.15) is 18.1 Å². The third kappa shape index (κ3) is 5.84. The van der Waals surface area contributed by atoms with Crippen LogP contribution in [0.15, 0.2) is 60.7 Å². The molecular formula is C29H34N2O7. The quantitative estimate of drug-likeness (QED) is 0.208. The number of Topliss-reactive ketones (excluding diaryl/α,β-unsaturated/α-hetero) is 1. The zero-order valence-electron chi connectivity index (χ0n) is 21.9. The molecule has 1 atom stereocenters. The molecule has 2 saturated heterocycles. The van der Waals surface area contributed by atoms with Gasteiger partial charge in [-0.05, 0) is 42.3 Å². The second-order valence-electron chi connectivity index (χ2n) is 9.04. The Hall–Kier alpha value is -3.82. The van der Waals surface area contributed by atoms with Crippen LogP contribution < -0.4 is 14.2 Å². The average Bonchev–Trinajstić information content (AvgIpc) is 3.21. The van der Waals surface area contributed by atoms with Crippen LogP contribution in [0.1, 0.15) is 23.6 Å². The van der Waals surface area contributed by atoms with E-state index < -0.39 is 17.7 Å². The van der Waals surface area contributed by atoms with Crippen molar-refractivity contribution in [3.8, 4) is 17.2 Å². The van der Waals surface area contributed by atoms with Gasteiger partial charge in [0.25, 0.3) is 11.7 Å². The number of hydrogen-bond donors (Lipinski definition) is 1. The van der Waals surface area contributed by atoms with E-state index in [1.165, 1.54) is 14.2 Å². The normalized spacial score (nSPS) is 19.4. The Labute approximate surface area is 222 Å². The fraction of sp³-hybridized carbons (Fsp3) is 0.379. The van der Waals surface area contributed by atoms with E-state index in [1.54, 1.807) is 41.3 Å². The lowest BCUT2D eigenvalue weighted by Gasteiger charge is -2.29. The number of carbonyl (C=O) groups excluding carboxylic acids is 2. The van der Waals surface area contributed by atoms with Gasteiger partial charge >= 0.3 is 0 Å². The van der Waals surface area contributed by atoms with Crippen LogP contribution >= 0.6 is 0 Å². The van der Waals surface area contributed by atoms with Crippen LogP contribution in [0.4, 0.5) is 0 Å². The highest BCUT2D eigenvalue weighted by Gasteiger charge is 2.45. The van der Waals surface area contributed by atoms with Crippen LogP contribution in [0.25, 0.3) is 5.76 Å². The molecule has 2 aromatic rings. The van der Waals surface area contributed by atoms with Crippen molar-refractivity contribution in [3.63, 3.8) is 0 Å². The molecule has 0 saturated carbocycles. The highest BCUT2D eigenvalue weighted by atomic mass is 16.5. The second-order valence-corrected chi connectivity index (χ2v) is 9.04. The summed E-state index contributed by atoms with van der Waals surface area (Å²) in [5.74, 6) is -0.0998. The molecule has 2 fully saturated rings. The minimum absolute atomic E-state index is 0.0355. The van der Waals surface area contributed by atoms with Crippen molar-refractivity contribution in [1.29, 1.82) is 0 Å². The summed E-state index contributed by atoms with van der Waals surface area (Å²) in [4.78, 5) is 30.4. The molecule has 0 bridgehead atoms. The number of rotatable bonds is 11. The Morgan fingerprint density at radius 2 is 1.76 bits per heavy atom.